The first-order valence-electron chi connectivity index (χ1n) is 4.53. The van der Waals surface area contributed by atoms with Gasteiger partial charge in [-0.2, -0.15) is 13.1 Å². The maximum absolute atomic E-state index is 11.2. The third-order valence-corrected chi connectivity index (χ3v) is 2.85. The zero-order valence-corrected chi connectivity index (χ0v) is 9.32. The highest BCUT2D eigenvalue weighted by molar-refractivity contribution is 7.87. The van der Waals surface area contributed by atoms with Crippen LogP contribution in [-0.2, 0) is 10.2 Å². The molecule has 0 spiro atoms. The quantitative estimate of drug-likeness (QED) is 0.345. The van der Waals surface area contributed by atoms with E-state index in [1.807, 2.05) is 6.92 Å². The van der Waals surface area contributed by atoms with E-state index in [0.717, 1.165) is 6.42 Å². The first-order chi connectivity index (χ1) is 6.43. The Hall–Kier alpha value is -0.660. The van der Waals surface area contributed by atoms with E-state index < -0.39 is 16.3 Å². The van der Waals surface area contributed by atoms with E-state index in [9.17, 15) is 8.42 Å². The van der Waals surface area contributed by atoms with Gasteiger partial charge in [-0.05, 0) is 6.42 Å². The topological polar surface area (TPSA) is 108 Å². The molecule has 0 saturated heterocycles. The predicted octanol–water partition coefficient (Wildman–Crippen LogP) is -0.465. The van der Waals surface area contributed by atoms with E-state index in [2.05, 4.69) is 9.44 Å². The zero-order valence-electron chi connectivity index (χ0n) is 8.50. The van der Waals surface area contributed by atoms with Gasteiger partial charge in [-0.25, -0.2) is 4.72 Å². The van der Waals surface area contributed by atoms with Crippen LogP contribution in [0.2, 0.25) is 0 Å². The van der Waals surface area contributed by atoms with E-state index in [0.29, 0.717) is 13.0 Å². The van der Waals surface area contributed by atoms with Gasteiger partial charge in [0.05, 0.1) is 6.04 Å². The SMILES string of the molecule is CCCC(NS(=O)(=O)NCC)C(=N)N. The smallest absolute Gasteiger partial charge is 0.277 e. The molecule has 0 aliphatic carbocycles. The maximum atomic E-state index is 11.2. The van der Waals surface area contributed by atoms with Gasteiger partial charge in [-0.15, -0.1) is 0 Å². The van der Waals surface area contributed by atoms with Gasteiger partial charge in [0, 0.05) is 6.54 Å². The van der Waals surface area contributed by atoms with Crippen LogP contribution in [0.5, 0.6) is 0 Å². The van der Waals surface area contributed by atoms with E-state index in [1.54, 1.807) is 6.92 Å². The van der Waals surface area contributed by atoms with Crippen LogP contribution in [0.3, 0.4) is 0 Å². The summed E-state index contributed by atoms with van der Waals surface area (Å²) in [7, 11) is -3.52. The summed E-state index contributed by atoms with van der Waals surface area (Å²) in [6.07, 6.45) is 1.29. The van der Waals surface area contributed by atoms with Crippen molar-refractivity contribution >= 4 is 16.0 Å². The van der Waals surface area contributed by atoms with E-state index in [4.69, 9.17) is 11.1 Å². The van der Waals surface area contributed by atoms with Gasteiger partial charge in [-0.1, -0.05) is 20.3 Å². The number of hydrogen-bond acceptors (Lipinski definition) is 3. The molecule has 84 valence electrons. The minimum absolute atomic E-state index is 0.159. The van der Waals surface area contributed by atoms with Crippen molar-refractivity contribution in [2.45, 2.75) is 32.7 Å². The first kappa shape index (κ1) is 13.3. The molecule has 0 aliphatic rings. The van der Waals surface area contributed by atoms with Crippen LogP contribution >= 0.6 is 0 Å². The number of nitrogens with one attached hydrogen (secondary N) is 3. The molecule has 0 amide bonds. The van der Waals surface area contributed by atoms with Crippen molar-refractivity contribution in [2.75, 3.05) is 6.54 Å². The Morgan fingerprint density at radius 3 is 2.43 bits per heavy atom. The summed E-state index contributed by atoms with van der Waals surface area (Å²) < 4.78 is 27.1. The molecule has 14 heavy (non-hydrogen) atoms. The Balaban J connectivity index is 4.36. The average Bonchev–Trinajstić information content (AvgIpc) is 2.02. The van der Waals surface area contributed by atoms with Crippen molar-refractivity contribution in [1.82, 2.24) is 9.44 Å². The van der Waals surface area contributed by atoms with Crippen LogP contribution in [0.1, 0.15) is 26.7 Å². The van der Waals surface area contributed by atoms with Crippen molar-refractivity contribution in [1.29, 1.82) is 5.41 Å². The van der Waals surface area contributed by atoms with Crippen molar-refractivity contribution in [3.63, 3.8) is 0 Å². The minimum atomic E-state index is -3.52. The summed E-state index contributed by atoms with van der Waals surface area (Å²) in [6.45, 7) is 3.89. The second-order valence-electron chi connectivity index (χ2n) is 2.92. The second kappa shape index (κ2) is 5.94. The average molecular weight is 222 g/mol. The summed E-state index contributed by atoms with van der Waals surface area (Å²) in [4.78, 5) is 0. The predicted molar refractivity (Wildman–Crippen MR) is 56.3 cm³/mol. The Kier molecular flexibility index (Phi) is 5.66. The second-order valence-corrected chi connectivity index (χ2v) is 4.45. The van der Waals surface area contributed by atoms with Gasteiger partial charge in [-0.3, -0.25) is 5.41 Å². The summed E-state index contributed by atoms with van der Waals surface area (Å²) in [5, 5.41) is 7.19. The zero-order chi connectivity index (χ0) is 11.2. The Labute approximate surface area is 85.0 Å². The Morgan fingerprint density at radius 2 is 2.07 bits per heavy atom. The lowest BCUT2D eigenvalue weighted by atomic mass is 10.2. The molecule has 0 rings (SSSR count). The summed E-state index contributed by atoms with van der Waals surface area (Å²) in [5.41, 5.74) is 5.25. The molecule has 0 radical (unpaired) electrons. The molecule has 0 fully saturated rings. The highest BCUT2D eigenvalue weighted by Gasteiger charge is 2.18. The molecule has 0 aromatic carbocycles. The Bertz CT molecular complexity index is 275. The minimum Gasteiger partial charge on any atom is -0.386 e. The highest BCUT2D eigenvalue weighted by atomic mass is 32.2. The van der Waals surface area contributed by atoms with Crippen LogP contribution in [-0.4, -0.2) is 26.8 Å². The van der Waals surface area contributed by atoms with Crippen LogP contribution in [0, 0.1) is 5.41 Å². The number of hydrogen-bond donors (Lipinski definition) is 4. The van der Waals surface area contributed by atoms with Gasteiger partial charge in [0.15, 0.2) is 0 Å². The summed E-state index contributed by atoms with van der Waals surface area (Å²) in [5.74, 6) is -0.159. The van der Waals surface area contributed by atoms with Gasteiger partial charge in [0.1, 0.15) is 5.84 Å². The molecule has 0 bridgehead atoms. The molecule has 5 N–H and O–H groups in total. The fourth-order valence-corrected chi connectivity index (χ4v) is 2.07. The van der Waals surface area contributed by atoms with Gasteiger partial charge in [0.25, 0.3) is 10.2 Å². The lowest BCUT2D eigenvalue weighted by molar-refractivity contribution is 0.553. The van der Waals surface area contributed by atoms with E-state index in [1.165, 1.54) is 0 Å². The molecule has 0 heterocycles. The third kappa shape index (κ3) is 5.15. The van der Waals surface area contributed by atoms with E-state index in [-0.39, 0.29) is 5.84 Å². The number of nitrogens with two attached hydrogens (primary N) is 1. The molecule has 0 aliphatic heterocycles. The third-order valence-electron chi connectivity index (χ3n) is 1.58. The van der Waals surface area contributed by atoms with Crippen molar-refractivity contribution < 1.29 is 8.42 Å². The molecule has 1 unspecified atom stereocenters. The van der Waals surface area contributed by atoms with E-state index >= 15 is 0 Å². The summed E-state index contributed by atoms with van der Waals surface area (Å²) in [6, 6.07) is -0.607. The first-order valence-corrected chi connectivity index (χ1v) is 6.02. The largest absolute Gasteiger partial charge is 0.386 e. The Morgan fingerprint density at radius 1 is 1.50 bits per heavy atom. The van der Waals surface area contributed by atoms with Gasteiger partial charge in [0.2, 0.25) is 0 Å². The van der Waals surface area contributed by atoms with Crippen LogP contribution < -0.4 is 15.2 Å². The van der Waals surface area contributed by atoms with Gasteiger partial charge < -0.3 is 5.73 Å². The van der Waals surface area contributed by atoms with Crippen LogP contribution in [0.4, 0.5) is 0 Å². The van der Waals surface area contributed by atoms with Crippen molar-refractivity contribution in [3.05, 3.63) is 0 Å². The number of amidine groups is 1. The van der Waals surface area contributed by atoms with Crippen LogP contribution in [0.25, 0.3) is 0 Å². The van der Waals surface area contributed by atoms with Crippen LogP contribution in [0.15, 0.2) is 0 Å². The van der Waals surface area contributed by atoms with Gasteiger partial charge >= 0.3 is 0 Å². The molecule has 0 aromatic rings. The molecular weight excluding hydrogens is 204 g/mol. The molecule has 7 heteroatoms. The molecule has 0 aromatic heterocycles. The normalized spacial score (nSPS) is 13.9. The fourth-order valence-electron chi connectivity index (χ4n) is 0.986. The lowest BCUT2D eigenvalue weighted by Gasteiger charge is -2.16. The molecule has 6 nitrogen and oxygen atoms in total. The maximum Gasteiger partial charge on any atom is 0.277 e. The standard InChI is InChI=1S/C7H18N4O2S/c1-3-5-6(7(8)9)11-14(12,13)10-4-2/h6,10-11H,3-5H2,1-2H3,(H3,8,9). The monoisotopic (exact) mass is 222 g/mol. The number of rotatable bonds is 7. The fraction of sp³-hybridized carbons (Fsp3) is 0.857. The molecular formula is C7H18N4O2S. The lowest BCUT2D eigenvalue weighted by Crippen LogP contribution is -2.48. The molecule has 0 saturated carbocycles. The summed E-state index contributed by atoms with van der Waals surface area (Å²) >= 11 is 0. The van der Waals surface area contributed by atoms with Crippen molar-refractivity contribution in [2.24, 2.45) is 5.73 Å². The van der Waals surface area contributed by atoms with Crippen molar-refractivity contribution in [3.8, 4) is 0 Å². The highest BCUT2D eigenvalue weighted by Crippen LogP contribution is 1.97. The molecule has 1 atom stereocenters.